The Morgan fingerprint density at radius 1 is 1.34 bits per heavy atom. The average molecular weight is 413 g/mol. The van der Waals surface area contributed by atoms with Gasteiger partial charge in [0.2, 0.25) is 5.91 Å². The molecule has 5 nitrogen and oxygen atoms in total. The number of carbonyl (C=O) groups is 1. The first-order chi connectivity index (χ1) is 13.9. The molecule has 1 aliphatic rings. The van der Waals surface area contributed by atoms with Crippen molar-refractivity contribution in [2.75, 3.05) is 13.1 Å². The largest absolute Gasteiger partial charge is 0.507 e. The van der Waals surface area contributed by atoms with E-state index in [0.29, 0.717) is 23.9 Å². The number of fused-ring (bicyclic) bond motifs is 1. The zero-order valence-corrected chi connectivity index (χ0v) is 16.2. The summed E-state index contributed by atoms with van der Waals surface area (Å²) in [6, 6.07) is 8.89. The van der Waals surface area contributed by atoms with E-state index in [-0.39, 0.29) is 39.3 Å². The number of aromatic amines is 1. The highest BCUT2D eigenvalue weighted by atomic mass is 35.5. The quantitative estimate of drug-likeness (QED) is 0.633. The first-order valence-electron chi connectivity index (χ1n) is 9.14. The van der Waals surface area contributed by atoms with Crippen molar-refractivity contribution >= 4 is 28.3 Å². The third kappa shape index (κ3) is 3.40. The lowest BCUT2D eigenvalue weighted by atomic mass is 9.98. The monoisotopic (exact) mass is 412 g/mol. The molecule has 2 aromatic carbocycles. The number of halogens is 2. The highest BCUT2D eigenvalue weighted by Crippen LogP contribution is 2.38. The van der Waals surface area contributed by atoms with Crippen molar-refractivity contribution in [3.05, 3.63) is 75.9 Å². The molecule has 1 saturated heterocycles. The number of aromatic hydroxyl groups is 1. The van der Waals surface area contributed by atoms with E-state index in [0.717, 1.165) is 12.1 Å². The van der Waals surface area contributed by atoms with Crippen LogP contribution >= 0.6 is 11.6 Å². The van der Waals surface area contributed by atoms with Gasteiger partial charge in [-0.15, -0.1) is 0 Å². The summed E-state index contributed by atoms with van der Waals surface area (Å²) in [7, 11) is 0. The van der Waals surface area contributed by atoms with Crippen LogP contribution in [0.2, 0.25) is 5.02 Å². The predicted molar refractivity (Wildman–Crippen MR) is 111 cm³/mol. The number of aromatic nitrogens is 1. The number of phenolic OH excluding ortho intramolecular Hbond substituents is 1. The van der Waals surface area contributed by atoms with E-state index in [9.17, 15) is 19.1 Å². The number of rotatable bonds is 3. The molecule has 29 heavy (non-hydrogen) atoms. The van der Waals surface area contributed by atoms with Crippen molar-refractivity contribution in [2.45, 2.75) is 12.3 Å². The number of phenols is 1. The normalized spacial score (nSPS) is 16.3. The van der Waals surface area contributed by atoms with Gasteiger partial charge in [0.15, 0.2) is 0 Å². The van der Waals surface area contributed by atoms with E-state index in [2.05, 4.69) is 11.6 Å². The van der Waals surface area contributed by atoms with Gasteiger partial charge in [0, 0.05) is 40.7 Å². The third-order valence-corrected chi connectivity index (χ3v) is 5.64. The lowest BCUT2D eigenvalue weighted by Crippen LogP contribution is -2.26. The van der Waals surface area contributed by atoms with Crippen LogP contribution in [0.5, 0.6) is 5.75 Å². The summed E-state index contributed by atoms with van der Waals surface area (Å²) in [5.41, 5.74) is 0.591. The van der Waals surface area contributed by atoms with E-state index in [1.165, 1.54) is 30.3 Å². The molecule has 4 rings (SSSR count). The highest BCUT2D eigenvalue weighted by Gasteiger charge is 2.27. The fourth-order valence-corrected chi connectivity index (χ4v) is 4.11. The summed E-state index contributed by atoms with van der Waals surface area (Å²) in [6.07, 6.45) is 2.01. The molecule has 7 heteroatoms. The predicted octanol–water partition coefficient (Wildman–Crippen LogP) is 4.20. The van der Waals surface area contributed by atoms with Crippen LogP contribution in [0.1, 0.15) is 18.0 Å². The molecule has 0 saturated carbocycles. The number of carbonyl (C=O) groups excluding carboxylic acids is 1. The number of benzene rings is 2. The van der Waals surface area contributed by atoms with Crippen molar-refractivity contribution in [1.29, 1.82) is 0 Å². The molecule has 148 valence electrons. The van der Waals surface area contributed by atoms with Gasteiger partial charge in [-0.05, 0) is 48.2 Å². The Hall–Kier alpha value is -3.12. The Labute approximate surface area is 171 Å². The van der Waals surface area contributed by atoms with E-state index < -0.39 is 5.82 Å². The maximum atomic E-state index is 14.3. The van der Waals surface area contributed by atoms with Gasteiger partial charge in [-0.1, -0.05) is 24.2 Å². The SMILES string of the molecule is C=CC(=O)N1CCC(c2cc3cc(Cl)c(-c4c(O)cccc4F)cc3c(=O)[nH]2)C1. The number of likely N-dealkylation sites (tertiary alicyclic amines) is 1. The van der Waals surface area contributed by atoms with Gasteiger partial charge in [0.05, 0.1) is 5.56 Å². The van der Waals surface area contributed by atoms with Crippen LogP contribution in [0.4, 0.5) is 4.39 Å². The highest BCUT2D eigenvalue weighted by molar-refractivity contribution is 6.34. The zero-order valence-electron chi connectivity index (χ0n) is 15.4. The average Bonchev–Trinajstić information content (AvgIpc) is 3.18. The standard InChI is InChI=1S/C22H18ClFN2O3/c1-2-20(28)26-7-6-12(11-26)18-9-13-8-16(23)15(10-14(13)22(29)25-18)21-17(24)4-3-5-19(21)27/h2-5,8-10,12,27H,1,6-7,11H2,(H,25,29). The lowest BCUT2D eigenvalue weighted by molar-refractivity contribution is -0.125. The Bertz CT molecular complexity index is 1180. The molecule has 1 atom stereocenters. The minimum atomic E-state index is -0.628. The second-order valence-electron chi connectivity index (χ2n) is 7.08. The second kappa shape index (κ2) is 7.37. The number of hydrogen-bond acceptors (Lipinski definition) is 3. The molecule has 1 aromatic heterocycles. The Morgan fingerprint density at radius 2 is 2.14 bits per heavy atom. The summed E-state index contributed by atoms with van der Waals surface area (Å²) >= 11 is 6.38. The molecule has 1 aliphatic heterocycles. The van der Waals surface area contributed by atoms with Crippen LogP contribution < -0.4 is 5.56 Å². The number of amides is 1. The third-order valence-electron chi connectivity index (χ3n) is 5.33. The smallest absolute Gasteiger partial charge is 0.256 e. The Balaban J connectivity index is 1.78. The van der Waals surface area contributed by atoms with Gasteiger partial charge < -0.3 is 15.0 Å². The van der Waals surface area contributed by atoms with Crippen LogP contribution in [0, 0.1) is 5.82 Å². The molecule has 1 unspecified atom stereocenters. The number of H-pyrrole nitrogens is 1. The fraction of sp³-hybridized carbons (Fsp3) is 0.182. The fourth-order valence-electron chi connectivity index (χ4n) is 3.84. The molecule has 0 aliphatic carbocycles. The number of nitrogens with one attached hydrogen (secondary N) is 1. The first-order valence-corrected chi connectivity index (χ1v) is 9.52. The van der Waals surface area contributed by atoms with Gasteiger partial charge in [0.25, 0.3) is 5.56 Å². The molecule has 2 N–H and O–H groups in total. The van der Waals surface area contributed by atoms with E-state index in [4.69, 9.17) is 11.6 Å². The van der Waals surface area contributed by atoms with Crippen molar-refractivity contribution < 1.29 is 14.3 Å². The molecular formula is C22H18ClFN2O3. The Morgan fingerprint density at radius 3 is 2.86 bits per heavy atom. The minimum absolute atomic E-state index is 0.00469. The number of hydrogen-bond donors (Lipinski definition) is 2. The molecule has 0 radical (unpaired) electrons. The van der Waals surface area contributed by atoms with Gasteiger partial charge >= 0.3 is 0 Å². The maximum Gasteiger partial charge on any atom is 0.256 e. The van der Waals surface area contributed by atoms with Gasteiger partial charge in [-0.3, -0.25) is 9.59 Å². The van der Waals surface area contributed by atoms with Crippen LogP contribution in [0.25, 0.3) is 21.9 Å². The molecule has 0 spiro atoms. The minimum Gasteiger partial charge on any atom is -0.507 e. The summed E-state index contributed by atoms with van der Waals surface area (Å²) in [5, 5.41) is 11.2. The topological polar surface area (TPSA) is 73.4 Å². The number of pyridine rings is 1. The molecule has 3 aromatic rings. The van der Waals surface area contributed by atoms with Crippen molar-refractivity contribution in [2.24, 2.45) is 0 Å². The molecular weight excluding hydrogens is 395 g/mol. The van der Waals surface area contributed by atoms with Gasteiger partial charge in [0.1, 0.15) is 11.6 Å². The molecule has 1 fully saturated rings. The maximum absolute atomic E-state index is 14.3. The van der Waals surface area contributed by atoms with Crippen LogP contribution in [0.15, 0.2) is 53.8 Å². The molecule has 0 bridgehead atoms. The van der Waals surface area contributed by atoms with E-state index >= 15 is 0 Å². The van der Waals surface area contributed by atoms with Gasteiger partial charge in [-0.2, -0.15) is 0 Å². The Kier molecular flexibility index (Phi) is 4.88. The molecule has 1 amide bonds. The summed E-state index contributed by atoms with van der Waals surface area (Å²) in [4.78, 5) is 29.1. The van der Waals surface area contributed by atoms with Crippen LogP contribution in [0.3, 0.4) is 0 Å². The number of nitrogens with zero attached hydrogens (tertiary/aromatic N) is 1. The summed E-state index contributed by atoms with van der Waals surface area (Å²) < 4.78 is 14.3. The zero-order chi connectivity index (χ0) is 20.7. The van der Waals surface area contributed by atoms with Crippen LogP contribution in [-0.2, 0) is 4.79 Å². The lowest BCUT2D eigenvalue weighted by Gasteiger charge is -2.15. The summed E-state index contributed by atoms with van der Waals surface area (Å²) in [6.45, 7) is 4.61. The molecule has 2 heterocycles. The van der Waals surface area contributed by atoms with E-state index in [1.54, 1.807) is 11.0 Å². The van der Waals surface area contributed by atoms with Crippen LogP contribution in [-0.4, -0.2) is 34.0 Å². The van der Waals surface area contributed by atoms with Gasteiger partial charge in [-0.25, -0.2) is 4.39 Å². The second-order valence-corrected chi connectivity index (χ2v) is 7.49. The van der Waals surface area contributed by atoms with Crippen molar-refractivity contribution in [3.63, 3.8) is 0 Å². The van der Waals surface area contributed by atoms with Crippen molar-refractivity contribution in [1.82, 2.24) is 9.88 Å². The first kappa shape index (κ1) is 19.2. The van der Waals surface area contributed by atoms with E-state index in [1.807, 2.05) is 6.07 Å². The van der Waals surface area contributed by atoms with Crippen molar-refractivity contribution in [3.8, 4) is 16.9 Å². The summed E-state index contributed by atoms with van der Waals surface area (Å²) in [5.74, 6) is -1.01.